The molecule has 1 N–H and O–H groups in total. The third-order valence-electron chi connectivity index (χ3n) is 3.35. The summed E-state index contributed by atoms with van der Waals surface area (Å²) in [5.41, 5.74) is 0.959. The maximum atomic E-state index is 5.66. The number of methoxy groups -OCH3 is 3. The van der Waals surface area contributed by atoms with Crippen LogP contribution >= 0.6 is 0 Å². The van der Waals surface area contributed by atoms with E-state index in [-0.39, 0.29) is 6.04 Å². The molecule has 2 rings (SSSR count). The fraction of sp³-hybridized carbons (Fsp3) is 0.467. The Morgan fingerprint density at radius 1 is 1.05 bits per heavy atom. The van der Waals surface area contributed by atoms with E-state index >= 15 is 0 Å². The molecule has 5 nitrogen and oxygen atoms in total. The summed E-state index contributed by atoms with van der Waals surface area (Å²) in [5, 5.41) is 3.25. The summed E-state index contributed by atoms with van der Waals surface area (Å²) in [6.07, 6.45) is 3.03. The molecule has 0 aliphatic carbocycles. The van der Waals surface area contributed by atoms with E-state index in [1.54, 1.807) is 21.3 Å². The molecular formula is C15H21NO4. The molecule has 5 heteroatoms. The Morgan fingerprint density at radius 3 is 2.20 bits per heavy atom. The minimum absolute atomic E-state index is 0.0627. The van der Waals surface area contributed by atoms with E-state index in [0.717, 1.165) is 30.1 Å². The normalized spacial score (nSPS) is 15.3. The number of nitrogens with one attached hydrogen (secondary N) is 1. The topological polar surface area (TPSA) is 49.0 Å². The summed E-state index contributed by atoms with van der Waals surface area (Å²) in [6, 6.07) is 3.68. The molecule has 0 amide bonds. The van der Waals surface area contributed by atoms with Gasteiger partial charge in [-0.2, -0.15) is 0 Å². The summed E-state index contributed by atoms with van der Waals surface area (Å²) in [5.74, 6) is 2.96. The minimum atomic E-state index is -0.0627. The molecule has 0 fully saturated rings. The second-order valence-electron chi connectivity index (χ2n) is 4.41. The molecule has 0 bridgehead atoms. The van der Waals surface area contributed by atoms with Gasteiger partial charge in [0.05, 0.1) is 34.0 Å². The van der Waals surface area contributed by atoms with Gasteiger partial charge in [-0.3, -0.25) is 0 Å². The molecule has 1 heterocycles. The Morgan fingerprint density at radius 2 is 1.70 bits per heavy atom. The maximum absolute atomic E-state index is 5.66. The highest BCUT2D eigenvalue weighted by atomic mass is 16.5. The van der Waals surface area contributed by atoms with Crippen LogP contribution in [0.1, 0.15) is 18.0 Å². The van der Waals surface area contributed by atoms with Crippen molar-refractivity contribution >= 4 is 0 Å². The Kier molecular flexibility index (Phi) is 4.74. The summed E-state index contributed by atoms with van der Waals surface area (Å²) < 4.78 is 21.8. The van der Waals surface area contributed by atoms with Gasteiger partial charge in [0.2, 0.25) is 0 Å². The van der Waals surface area contributed by atoms with Crippen molar-refractivity contribution in [2.75, 3.05) is 35.0 Å². The average molecular weight is 279 g/mol. The molecule has 1 unspecified atom stereocenters. The van der Waals surface area contributed by atoms with E-state index < -0.39 is 0 Å². The van der Waals surface area contributed by atoms with Gasteiger partial charge < -0.3 is 24.3 Å². The first-order chi connectivity index (χ1) is 9.74. The molecule has 0 saturated carbocycles. The number of hydrogen-bond acceptors (Lipinski definition) is 5. The standard InChI is InChI=1S/C15H21NO4/c1-16-15(11-6-5-7-20-11)10-8-13(18-3)14(19-4)9-12(10)17-2/h6,8-9,15-16H,5,7H2,1-4H3. The zero-order valence-corrected chi connectivity index (χ0v) is 12.4. The third-order valence-corrected chi connectivity index (χ3v) is 3.35. The van der Waals surface area contributed by atoms with Gasteiger partial charge in [0.25, 0.3) is 0 Å². The van der Waals surface area contributed by atoms with Crippen LogP contribution in [0.4, 0.5) is 0 Å². The fourth-order valence-electron chi connectivity index (χ4n) is 2.37. The molecule has 1 aliphatic rings. The zero-order chi connectivity index (χ0) is 14.5. The monoisotopic (exact) mass is 279 g/mol. The molecule has 0 spiro atoms. The first-order valence-electron chi connectivity index (χ1n) is 6.55. The number of ether oxygens (including phenoxy) is 4. The first kappa shape index (κ1) is 14.5. The lowest BCUT2D eigenvalue weighted by Crippen LogP contribution is -2.20. The van der Waals surface area contributed by atoms with Crippen LogP contribution in [0.5, 0.6) is 17.2 Å². The smallest absolute Gasteiger partial charge is 0.164 e. The SMILES string of the molecule is CNC(C1=CCCO1)c1cc(OC)c(OC)cc1OC. The van der Waals surface area contributed by atoms with Crippen molar-refractivity contribution in [2.45, 2.75) is 12.5 Å². The van der Waals surface area contributed by atoms with E-state index in [1.165, 1.54) is 0 Å². The van der Waals surface area contributed by atoms with Crippen LogP contribution in [-0.2, 0) is 4.74 Å². The summed E-state index contributed by atoms with van der Waals surface area (Å²) in [7, 11) is 6.76. The second-order valence-corrected chi connectivity index (χ2v) is 4.41. The van der Waals surface area contributed by atoms with Gasteiger partial charge in [0.1, 0.15) is 11.5 Å². The lowest BCUT2D eigenvalue weighted by atomic mass is 10.0. The van der Waals surface area contributed by atoms with Crippen molar-refractivity contribution in [3.63, 3.8) is 0 Å². The van der Waals surface area contributed by atoms with Gasteiger partial charge in [-0.1, -0.05) is 0 Å². The molecule has 0 radical (unpaired) electrons. The number of rotatable bonds is 6. The quantitative estimate of drug-likeness (QED) is 0.865. The van der Waals surface area contributed by atoms with E-state index in [9.17, 15) is 0 Å². The largest absolute Gasteiger partial charge is 0.496 e. The van der Waals surface area contributed by atoms with E-state index in [1.807, 2.05) is 19.2 Å². The molecule has 1 aromatic rings. The number of benzene rings is 1. The van der Waals surface area contributed by atoms with Crippen molar-refractivity contribution in [3.8, 4) is 17.2 Å². The summed E-state index contributed by atoms with van der Waals surface area (Å²) in [4.78, 5) is 0. The van der Waals surface area contributed by atoms with Crippen LogP contribution in [0.15, 0.2) is 24.0 Å². The van der Waals surface area contributed by atoms with E-state index in [4.69, 9.17) is 18.9 Å². The van der Waals surface area contributed by atoms with Crippen LogP contribution in [0.25, 0.3) is 0 Å². The highest BCUT2D eigenvalue weighted by molar-refractivity contribution is 5.53. The van der Waals surface area contributed by atoms with Crippen molar-refractivity contribution in [1.29, 1.82) is 0 Å². The number of likely N-dealkylation sites (N-methyl/N-ethyl adjacent to an activating group) is 1. The highest BCUT2D eigenvalue weighted by Gasteiger charge is 2.24. The molecule has 0 saturated heterocycles. The average Bonchev–Trinajstić information content (AvgIpc) is 3.01. The van der Waals surface area contributed by atoms with Crippen LogP contribution in [0.2, 0.25) is 0 Å². The van der Waals surface area contributed by atoms with Gasteiger partial charge in [0, 0.05) is 18.1 Å². The molecule has 1 atom stereocenters. The lowest BCUT2D eigenvalue weighted by Gasteiger charge is -2.22. The zero-order valence-electron chi connectivity index (χ0n) is 12.4. The van der Waals surface area contributed by atoms with Crippen molar-refractivity contribution in [2.24, 2.45) is 0 Å². The van der Waals surface area contributed by atoms with Crippen LogP contribution in [0.3, 0.4) is 0 Å². The lowest BCUT2D eigenvalue weighted by molar-refractivity contribution is 0.216. The highest BCUT2D eigenvalue weighted by Crippen LogP contribution is 2.40. The second kappa shape index (κ2) is 6.52. The fourth-order valence-corrected chi connectivity index (χ4v) is 2.37. The molecule has 1 aromatic carbocycles. The van der Waals surface area contributed by atoms with Gasteiger partial charge in [0.15, 0.2) is 11.5 Å². The Balaban J connectivity index is 2.47. The van der Waals surface area contributed by atoms with Crippen LogP contribution < -0.4 is 19.5 Å². The molecule has 20 heavy (non-hydrogen) atoms. The molecule has 1 aliphatic heterocycles. The Labute approximate surface area is 119 Å². The van der Waals surface area contributed by atoms with Crippen LogP contribution in [-0.4, -0.2) is 35.0 Å². The van der Waals surface area contributed by atoms with Crippen molar-refractivity contribution in [3.05, 3.63) is 29.5 Å². The van der Waals surface area contributed by atoms with Crippen LogP contribution in [0, 0.1) is 0 Å². The maximum Gasteiger partial charge on any atom is 0.164 e. The third kappa shape index (κ3) is 2.67. The van der Waals surface area contributed by atoms with Gasteiger partial charge in [-0.25, -0.2) is 0 Å². The number of hydrogen-bond donors (Lipinski definition) is 1. The molecule has 110 valence electrons. The first-order valence-corrected chi connectivity index (χ1v) is 6.55. The summed E-state index contributed by atoms with van der Waals surface area (Å²) >= 11 is 0. The van der Waals surface area contributed by atoms with E-state index in [2.05, 4.69) is 11.4 Å². The van der Waals surface area contributed by atoms with Gasteiger partial charge in [-0.15, -0.1) is 0 Å². The van der Waals surface area contributed by atoms with Gasteiger partial charge >= 0.3 is 0 Å². The van der Waals surface area contributed by atoms with Crippen molar-refractivity contribution < 1.29 is 18.9 Å². The van der Waals surface area contributed by atoms with Crippen molar-refractivity contribution in [1.82, 2.24) is 5.32 Å². The minimum Gasteiger partial charge on any atom is -0.496 e. The Hall–Kier alpha value is -1.88. The molecular weight excluding hydrogens is 258 g/mol. The predicted molar refractivity (Wildman–Crippen MR) is 76.6 cm³/mol. The van der Waals surface area contributed by atoms with E-state index in [0.29, 0.717) is 11.5 Å². The Bertz CT molecular complexity index is 499. The predicted octanol–water partition coefficient (Wildman–Crippen LogP) is 2.28. The van der Waals surface area contributed by atoms with Gasteiger partial charge in [-0.05, 0) is 19.2 Å². The molecule has 0 aromatic heterocycles. The summed E-state index contributed by atoms with van der Waals surface area (Å²) in [6.45, 7) is 0.725.